The average Bonchev–Trinajstić information content (AvgIpc) is 2.94. The molecule has 0 N–H and O–H groups in total. The van der Waals surface area contributed by atoms with Gasteiger partial charge in [0.15, 0.2) is 11.6 Å². The van der Waals surface area contributed by atoms with E-state index in [0.29, 0.717) is 41.9 Å². The predicted octanol–water partition coefficient (Wildman–Crippen LogP) is 10.3. The van der Waals surface area contributed by atoms with Crippen molar-refractivity contribution in [2.45, 2.75) is 65.2 Å². The van der Waals surface area contributed by atoms with Gasteiger partial charge in [-0.2, -0.15) is 0 Å². The maximum atomic E-state index is 14.8. The van der Waals surface area contributed by atoms with Crippen molar-refractivity contribution in [2.75, 3.05) is 6.61 Å². The van der Waals surface area contributed by atoms with Gasteiger partial charge in [0.25, 0.3) is 0 Å². The molecule has 0 aliphatic heterocycles. The molecule has 4 aromatic rings. The van der Waals surface area contributed by atoms with Crippen LogP contribution in [-0.4, -0.2) is 6.61 Å². The minimum absolute atomic E-state index is 0.265. The monoisotopic (exact) mass is 530 g/mol. The SMILES string of the molecule is CCCCCCCCOc1ccc(-c2ccc(CCc3ccc(-c4ccc(C)cc4)c(F)c3F)cc2)c(F)c1. The molecule has 0 fully saturated rings. The molecule has 1 nitrogen and oxygen atoms in total. The number of ether oxygens (including phenoxy) is 1. The first-order chi connectivity index (χ1) is 19.0. The molecule has 0 aliphatic carbocycles. The molecule has 0 radical (unpaired) electrons. The maximum Gasteiger partial charge on any atom is 0.166 e. The lowest BCUT2D eigenvalue weighted by Gasteiger charge is -2.11. The zero-order chi connectivity index (χ0) is 27.6. The Kier molecular flexibility index (Phi) is 10.2. The lowest BCUT2D eigenvalue weighted by molar-refractivity contribution is 0.303. The third-order valence-corrected chi connectivity index (χ3v) is 7.18. The summed E-state index contributed by atoms with van der Waals surface area (Å²) in [5.41, 5.74) is 4.57. The number of halogens is 3. The first kappa shape index (κ1) is 28.5. The molecule has 0 saturated heterocycles. The van der Waals surface area contributed by atoms with Crippen molar-refractivity contribution in [2.24, 2.45) is 0 Å². The van der Waals surface area contributed by atoms with E-state index in [2.05, 4.69) is 6.92 Å². The molecule has 204 valence electrons. The standard InChI is InChI=1S/C35H37F3O/c1-3-4-5-6-7-8-23-39-30-20-22-31(33(36)24-30)27-16-11-26(12-17-27)13-18-29-19-21-32(35(38)34(29)37)28-14-9-25(2)10-15-28/h9-12,14-17,19-22,24H,3-8,13,18,23H2,1-2H3. The van der Waals surface area contributed by atoms with E-state index < -0.39 is 11.6 Å². The Labute approximate surface area is 230 Å². The van der Waals surface area contributed by atoms with Gasteiger partial charge in [-0.05, 0) is 60.6 Å². The second kappa shape index (κ2) is 14.0. The fraction of sp³-hybridized carbons (Fsp3) is 0.314. The summed E-state index contributed by atoms with van der Waals surface area (Å²) < 4.78 is 50.2. The topological polar surface area (TPSA) is 9.23 Å². The van der Waals surface area contributed by atoms with Crippen molar-refractivity contribution >= 4 is 0 Å². The molecular weight excluding hydrogens is 493 g/mol. The summed E-state index contributed by atoms with van der Waals surface area (Å²) in [6, 6.07) is 23.2. The van der Waals surface area contributed by atoms with Crippen LogP contribution in [0.5, 0.6) is 5.75 Å². The van der Waals surface area contributed by atoms with Crippen molar-refractivity contribution in [3.63, 3.8) is 0 Å². The summed E-state index contributed by atoms with van der Waals surface area (Å²) in [7, 11) is 0. The summed E-state index contributed by atoms with van der Waals surface area (Å²) in [6.07, 6.45) is 8.01. The van der Waals surface area contributed by atoms with Crippen molar-refractivity contribution in [1.82, 2.24) is 0 Å². The highest BCUT2D eigenvalue weighted by Gasteiger charge is 2.15. The molecule has 4 heteroatoms. The molecular formula is C35H37F3O. The number of rotatable bonds is 13. The van der Waals surface area contributed by atoms with Gasteiger partial charge in [0.2, 0.25) is 0 Å². The molecule has 0 amide bonds. The minimum atomic E-state index is -0.818. The zero-order valence-corrected chi connectivity index (χ0v) is 22.9. The van der Waals surface area contributed by atoms with Gasteiger partial charge < -0.3 is 4.74 Å². The fourth-order valence-corrected chi connectivity index (χ4v) is 4.76. The van der Waals surface area contributed by atoms with Crippen LogP contribution in [0.1, 0.15) is 62.1 Å². The second-order valence-electron chi connectivity index (χ2n) is 10.2. The highest BCUT2D eigenvalue weighted by molar-refractivity contribution is 5.66. The van der Waals surface area contributed by atoms with E-state index in [1.165, 1.54) is 31.7 Å². The van der Waals surface area contributed by atoms with E-state index >= 15 is 0 Å². The van der Waals surface area contributed by atoms with Crippen LogP contribution in [0.3, 0.4) is 0 Å². The normalized spacial score (nSPS) is 11.1. The van der Waals surface area contributed by atoms with Gasteiger partial charge in [0, 0.05) is 17.2 Å². The van der Waals surface area contributed by atoms with Crippen LogP contribution in [0.4, 0.5) is 13.2 Å². The van der Waals surface area contributed by atoms with Gasteiger partial charge >= 0.3 is 0 Å². The van der Waals surface area contributed by atoms with Crippen molar-refractivity contribution < 1.29 is 17.9 Å². The van der Waals surface area contributed by atoms with Gasteiger partial charge in [-0.3, -0.25) is 0 Å². The van der Waals surface area contributed by atoms with Crippen molar-refractivity contribution in [1.29, 1.82) is 0 Å². The van der Waals surface area contributed by atoms with Crippen molar-refractivity contribution in [3.05, 3.63) is 113 Å². The van der Waals surface area contributed by atoms with E-state index in [-0.39, 0.29) is 11.4 Å². The smallest absolute Gasteiger partial charge is 0.166 e. The summed E-state index contributed by atoms with van der Waals surface area (Å²) >= 11 is 0. The van der Waals surface area contributed by atoms with Gasteiger partial charge in [0.05, 0.1) is 6.61 Å². The van der Waals surface area contributed by atoms with Crippen LogP contribution < -0.4 is 4.74 Å². The predicted molar refractivity (Wildman–Crippen MR) is 155 cm³/mol. The molecule has 0 aliphatic rings. The van der Waals surface area contributed by atoms with E-state index in [0.717, 1.165) is 29.5 Å². The Morgan fingerprint density at radius 1 is 0.615 bits per heavy atom. The number of unbranched alkanes of at least 4 members (excludes halogenated alkanes) is 5. The maximum absolute atomic E-state index is 14.8. The summed E-state index contributed by atoms with van der Waals surface area (Å²) in [5, 5.41) is 0. The molecule has 4 rings (SSSR count). The van der Waals surface area contributed by atoms with Gasteiger partial charge in [0.1, 0.15) is 11.6 Å². The first-order valence-electron chi connectivity index (χ1n) is 14.0. The third-order valence-electron chi connectivity index (χ3n) is 7.18. The molecule has 0 heterocycles. The fourth-order valence-electron chi connectivity index (χ4n) is 4.76. The molecule has 0 atom stereocenters. The summed E-state index contributed by atoms with van der Waals surface area (Å²) in [5.74, 6) is -1.40. The van der Waals surface area contributed by atoms with E-state index in [9.17, 15) is 13.2 Å². The quantitative estimate of drug-likeness (QED) is 0.156. The third kappa shape index (κ3) is 7.75. The Morgan fingerprint density at radius 2 is 1.26 bits per heavy atom. The molecule has 0 bridgehead atoms. The molecule has 39 heavy (non-hydrogen) atoms. The Bertz CT molecular complexity index is 1340. The Morgan fingerprint density at radius 3 is 1.97 bits per heavy atom. The zero-order valence-electron chi connectivity index (χ0n) is 22.9. The molecule has 0 unspecified atom stereocenters. The van der Waals surface area contributed by atoms with E-state index in [4.69, 9.17) is 4.74 Å². The number of benzene rings is 4. The number of aryl methyl sites for hydroxylation is 3. The highest BCUT2D eigenvalue weighted by atomic mass is 19.2. The van der Waals surface area contributed by atoms with Crippen LogP contribution in [0.15, 0.2) is 78.9 Å². The van der Waals surface area contributed by atoms with Crippen LogP contribution in [0, 0.1) is 24.4 Å². The Balaban J connectivity index is 1.32. The van der Waals surface area contributed by atoms with E-state index in [1.807, 2.05) is 43.3 Å². The minimum Gasteiger partial charge on any atom is -0.493 e. The van der Waals surface area contributed by atoms with E-state index in [1.54, 1.807) is 36.4 Å². The van der Waals surface area contributed by atoms with Crippen LogP contribution in [0.25, 0.3) is 22.3 Å². The summed E-state index contributed by atoms with van der Waals surface area (Å²) in [4.78, 5) is 0. The average molecular weight is 531 g/mol. The lowest BCUT2D eigenvalue weighted by atomic mass is 9.97. The lowest BCUT2D eigenvalue weighted by Crippen LogP contribution is -2.00. The largest absolute Gasteiger partial charge is 0.493 e. The van der Waals surface area contributed by atoms with Gasteiger partial charge in [-0.15, -0.1) is 0 Å². The molecule has 0 aromatic heterocycles. The summed E-state index contributed by atoms with van der Waals surface area (Å²) in [6.45, 7) is 4.75. The molecule has 0 saturated carbocycles. The second-order valence-corrected chi connectivity index (χ2v) is 10.2. The van der Waals surface area contributed by atoms with Gasteiger partial charge in [-0.25, -0.2) is 13.2 Å². The van der Waals surface area contributed by atoms with Crippen LogP contribution in [-0.2, 0) is 12.8 Å². The number of hydrogen-bond donors (Lipinski definition) is 0. The highest BCUT2D eigenvalue weighted by Crippen LogP contribution is 2.29. The Hall–Kier alpha value is -3.53. The molecule has 0 spiro atoms. The van der Waals surface area contributed by atoms with Crippen molar-refractivity contribution in [3.8, 4) is 28.0 Å². The first-order valence-corrected chi connectivity index (χ1v) is 14.0. The van der Waals surface area contributed by atoms with Gasteiger partial charge in [-0.1, -0.05) is 105 Å². The molecule has 4 aromatic carbocycles. The van der Waals surface area contributed by atoms with Crippen LogP contribution in [0.2, 0.25) is 0 Å². The number of hydrogen-bond acceptors (Lipinski definition) is 1. The van der Waals surface area contributed by atoms with Crippen LogP contribution >= 0.6 is 0 Å².